The third kappa shape index (κ3) is 7.12. The van der Waals surface area contributed by atoms with Crippen LogP contribution < -0.4 is 5.32 Å². The molecule has 0 heterocycles. The lowest BCUT2D eigenvalue weighted by molar-refractivity contribution is -0.140. The molecule has 1 unspecified atom stereocenters. The van der Waals surface area contributed by atoms with E-state index in [1.807, 2.05) is 13.0 Å². The van der Waals surface area contributed by atoms with Crippen LogP contribution in [-0.2, 0) is 40.0 Å². The zero-order valence-electron chi connectivity index (χ0n) is 21.5. The number of rotatable bonds is 9. The Morgan fingerprint density at radius 2 is 1.81 bits per heavy atom. The fraction of sp³-hybridized carbons (Fsp3) is 0.517. The van der Waals surface area contributed by atoms with Gasteiger partial charge in [0.15, 0.2) is 0 Å². The van der Waals surface area contributed by atoms with E-state index in [-0.39, 0.29) is 24.5 Å². The molecular weight excluding hydrogens is 481 g/mol. The standard InChI is InChI=1S/C29H35F3N2O3/c1-19(22-9-10-23-16-25(17-24(23)15-22)33-13-12-28(35)36-2)34-37-18-20-8-11-26(21-6-4-3-5-7-21)27(14-20)29(30,31)32/h8-11,14-15,21,25,33H,3-7,12-13,16-18H2,1-2H3/b34-19+. The number of carbonyl (C=O) groups is 1. The van der Waals surface area contributed by atoms with E-state index >= 15 is 0 Å². The zero-order chi connectivity index (χ0) is 26.4. The number of oxime groups is 1. The number of esters is 1. The first-order valence-corrected chi connectivity index (χ1v) is 13.0. The third-order valence-electron chi connectivity index (χ3n) is 7.45. The monoisotopic (exact) mass is 516 g/mol. The minimum Gasteiger partial charge on any atom is -0.469 e. The van der Waals surface area contributed by atoms with Gasteiger partial charge in [0, 0.05) is 12.6 Å². The van der Waals surface area contributed by atoms with E-state index in [9.17, 15) is 18.0 Å². The number of halogens is 3. The highest BCUT2D eigenvalue weighted by molar-refractivity contribution is 5.98. The van der Waals surface area contributed by atoms with Gasteiger partial charge in [-0.05, 0) is 78.5 Å². The molecule has 4 rings (SSSR count). The van der Waals surface area contributed by atoms with Gasteiger partial charge in [0.1, 0.15) is 6.61 Å². The molecule has 0 amide bonds. The Balaban J connectivity index is 1.36. The number of methoxy groups -OCH3 is 1. The first kappa shape index (κ1) is 27.2. The normalized spacial score (nSPS) is 18.5. The van der Waals surface area contributed by atoms with Crippen LogP contribution in [0.1, 0.15) is 84.7 Å². The molecule has 0 radical (unpaired) electrons. The van der Waals surface area contributed by atoms with Crippen LogP contribution in [0.4, 0.5) is 13.2 Å². The summed E-state index contributed by atoms with van der Waals surface area (Å²) in [4.78, 5) is 16.8. The number of nitrogens with zero attached hydrogens (tertiary/aromatic N) is 1. The van der Waals surface area contributed by atoms with Crippen molar-refractivity contribution in [1.29, 1.82) is 0 Å². The lowest BCUT2D eigenvalue weighted by atomic mass is 9.81. The van der Waals surface area contributed by atoms with Gasteiger partial charge in [-0.1, -0.05) is 48.7 Å². The van der Waals surface area contributed by atoms with Gasteiger partial charge >= 0.3 is 12.1 Å². The van der Waals surface area contributed by atoms with Crippen molar-refractivity contribution in [3.8, 4) is 0 Å². The molecule has 2 aromatic rings. The van der Waals surface area contributed by atoms with Crippen molar-refractivity contribution < 1.29 is 27.5 Å². The fourth-order valence-electron chi connectivity index (χ4n) is 5.43. The Bertz CT molecular complexity index is 1120. The quantitative estimate of drug-likeness (QED) is 0.241. The van der Waals surface area contributed by atoms with Crippen LogP contribution >= 0.6 is 0 Å². The maximum Gasteiger partial charge on any atom is 0.416 e. The van der Waals surface area contributed by atoms with E-state index in [0.717, 1.165) is 50.5 Å². The van der Waals surface area contributed by atoms with Crippen LogP contribution in [0, 0.1) is 0 Å². The lowest BCUT2D eigenvalue weighted by Gasteiger charge is -2.25. The van der Waals surface area contributed by atoms with Crippen molar-refractivity contribution in [3.05, 3.63) is 69.8 Å². The molecule has 200 valence electrons. The molecule has 8 heteroatoms. The van der Waals surface area contributed by atoms with Crippen LogP contribution in [0.5, 0.6) is 0 Å². The number of benzene rings is 2. The predicted octanol–water partition coefficient (Wildman–Crippen LogP) is 6.31. The molecule has 1 fully saturated rings. The average molecular weight is 517 g/mol. The summed E-state index contributed by atoms with van der Waals surface area (Å²) >= 11 is 0. The van der Waals surface area contributed by atoms with Crippen molar-refractivity contribution >= 4 is 11.7 Å². The van der Waals surface area contributed by atoms with Gasteiger partial charge in [0.2, 0.25) is 0 Å². The predicted molar refractivity (Wildman–Crippen MR) is 137 cm³/mol. The minimum atomic E-state index is -4.39. The Labute approximate surface area is 216 Å². The molecule has 5 nitrogen and oxygen atoms in total. The molecule has 0 saturated heterocycles. The maximum absolute atomic E-state index is 13.8. The smallest absolute Gasteiger partial charge is 0.416 e. The van der Waals surface area contributed by atoms with Crippen molar-refractivity contribution in [1.82, 2.24) is 5.32 Å². The first-order chi connectivity index (χ1) is 17.7. The van der Waals surface area contributed by atoms with Gasteiger partial charge in [-0.25, -0.2) is 0 Å². The molecule has 0 spiro atoms. The average Bonchev–Trinajstić information content (AvgIpc) is 3.30. The lowest BCUT2D eigenvalue weighted by Crippen LogP contribution is -2.31. The topological polar surface area (TPSA) is 59.9 Å². The van der Waals surface area contributed by atoms with Crippen molar-refractivity contribution in [3.63, 3.8) is 0 Å². The number of hydrogen-bond acceptors (Lipinski definition) is 5. The number of fused-ring (bicyclic) bond motifs is 1. The molecule has 2 aromatic carbocycles. The summed E-state index contributed by atoms with van der Waals surface area (Å²) in [7, 11) is 1.39. The van der Waals surface area contributed by atoms with Crippen LogP contribution in [-0.4, -0.2) is 31.4 Å². The van der Waals surface area contributed by atoms with E-state index in [1.54, 1.807) is 12.1 Å². The van der Waals surface area contributed by atoms with E-state index in [0.29, 0.717) is 29.8 Å². The maximum atomic E-state index is 13.8. The summed E-state index contributed by atoms with van der Waals surface area (Å²) in [6, 6.07) is 11.0. The summed E-state index contributed by atoms with van der Waals surface area (Å²) < 4.78 is 46.1. The highest BCUT2D eigenvalue weighted by Gasteiger charge is 2.35. The number of alkyl halides is 3. The second-order valence-corrected chi connectivity index (χ2v) is 10.1. The molecule has 2 aliphatic carbocycles. The Hall–Kier alpha value is -2.87. The second kappa shape index (κ2) is 12.1. The fourth-order valence-corrected chi connectivity index (χ4v) is 5.43. The number of ether oxygens (including phenoxy) is 1. The van der Waals surface area contributed by atoms with Gasteiger partial charge in [-0.15, -0.1) is 0 Å². The summed E-state index contributed by atoms with van der Waals surface area (Å²) in [5, 5.41) is 7.58. The molecule has 1 saturated carbocycles. The van der Waals surface area contributed by atoms with E-state index < -0.39 is 11.7 Å². The first-order valence-electron chi connectivity index (χ1n) is 13.0. The summed E-state index contributed by atoms with van der Waals surface area (Å²) in [6.45, 7) is 2.38. The number of nitrogens with one attached hydrogen (secondary N) is 1. The van der Waals surface area contributed by atoms with Crippen LogP contribution in [0.15, 0.2) is 41.6 Å². The highest BCUT2D eigenvalue weighted by atomic mass is 19.4. The van der Waals surface area contributed by atoms with Gasteiger partial charge in [0.05, 0.1) is 24.8 Å². The van der Waals surface area contributed by atoms with Crippen molar-refractivity contribution in [2.45, 2.75) is 83.0 Å². The summed E-state index contributed by atoms with van der Waals surface area (Å²) in [6.07, 6.45) is 2.38. The molecule has 1 N–H and O–H groups in total. The molecular formula is C29H35F3N2O3. The molecule has 0 aromatic heterocycles. The third-order valence-corrected chi connectivity index (χ3v) is 7.45. The van der Waals surface area contributed by atoms with Crippen molar-refractivity contribution in [2.75, 3.05) is 13.7 Å². The van der Waals surface area contributed by atoms with Crippen molar-refractivity contribution in [2.24, 2.45) is 5.16 Å². The van der Waals surface area contributed by atoms with E-state index in [4.69, 9.17) is 4.84 Å². The Morgan fingerprint density at radius 3 is 2.54 bits per heavy atom. The highest BCUT2D eigenvalue weighted by Crippen LogP contribution is 2.41. The second-order valence-electron chi connectivity index (χ2n) is 10.1. The largest absolute Gasteiger partial charge is 0.469 e. The van der Waals surface area contributed by atoms with Crippen LogP contribution in [0.2, 0.25) is 0 Å². The van der Waals surface area contributed by atoms with Crippen LogP contribution in [0.25, 0.3) is 0 Å². The molecule has 2 aliphatic rings. The SMILES string of the molecule is COC(=O)CCNC1Cc2ccc(/C(C)=N/OCc3ccc(C4CCCCC4)c(C(F)(F)F)c3)cc2C1. The van der Waals surface area contributed by atoms with Crippen LogP contribution in [0.3, 0.4) is 0 Å². The van der Waals surface area contributed by atoms with E-state index in [2.05, 4.69) is 27.3 Å². The van der Waals surface area contributed by atoms with Gasteiger partial charge in [0.25, 0.3) is 0 Å². The molecule has 0 bridgehead atoms. The molecule has 37 heavy (non-hydrogen) atoms. The van der Waals surface area contributed by atoms with Gasteiger partial charge in [-0.2, -0.15) is 13.2 Å². The number of hydrogen-bond donors (Lipinski definition) is 1. The molecule has 0 aliphatic heterocycles. The minimum absolute atomic E-state index is 0.0249. The summed E-state index contributed by atoms with van der Waals surface area (Å²) in [5.74, 6) is -0.255. The Kier molecular flexibility index (Phi) is 8.90. The number of carbonyl (C=O) groups excluding carboxylic acids is 1. The van der Waals surface area contributed by atoms with E-state index in [1.165, 1.54) is 24.3 Å². The Morgan fingerprint density at radius 1 is 1.05 bits per heavy atom. The molecule has 1 atom stereocenters. The van der Waals surface area contributed by atoms with Gasteiger partial charge < -0.3 is 14.9 Å². The zero-order valence-corrected chi connectivity index (χ0v) is 21.5. The van der Waals surface area contributed by atoms with Gasteiger partial charge in [-0.3, -0.25) is 4.79 Å². The summed E-state index contributed by atoms with van der Waals surface area (Å²) in [5.41, 5.74) is 4.37.